The number of anilines is 3. The molecule has 10 aromatic carbocycles. The van der Waals surface area contributed by atoms with E-state index < -0.39 is 0 Å². The first-order valence-corrected chi connectivity index (χ1v) is 21.7. The summed E-state index contributed by atoms with van der Waals surface area (Å²) in [5.74, 6) is 0. The molecule has 3 heteroatoms. The Labute approximate surface area is 358 Å². The summed E-state index contributed by atoms with van der Waals surface area (Å²) in [4.78, 5) is 2.35. The molecule has 0 fully saturated rings. The molecular formula is C58H38N2S. The molecule has 0 spiro atoms. The molecule has 0 aliphatic rings. The third-order valence-corrected chi connectivity index (χ3v) is 13.3. The van der Waals surface area contributed by atoms with Gasteiger partial charge >= 0.3 is 0 Å². The zero-order valence-corrected chi connectivity index (χ0v) is 34.1. The van der Waals surface area contributed by atoms with Crippen LogP contribution in [-0.4, -0.2) is 4.57 Å². The topological polar surface area (TPSA) is 8.17 Å². The second-order valence-electron chi connectivity index (χ2n) is 15.6. The maximum atomic E-state index is 2.40. The number of nitrogens with zero attached hydrogens (tertiary/aromatic N) is 2. The molecule has 0 unspecified atom stereocenters. The van der Waals surface area contributed by atoms with E-state index in [2.05, 4.69) is 240 Å². The van der Waals surface area contributed by atoms with Gasteiger partial charge in [0.15, 0.2) is 0 Å². The molecule has 286 valence electrons. The summed E-state index contributed by atoms with van der Waals surface area (Å²) in [6, 6.07) is 84.0. The fourth-order valence-electron chi connectivity index (χ4n) is 9.52. The molecule has 12 rings (SSSR count). The molecule has 0 aliphatic heterocycles. The van der Waals surface area contributed by atoms with Gasteiger partial charge in [0, 0.05) is 53.7 Å². The highest BCUT2D eigenvalue weighted by Crippen LogP contribution is 2.45. The van der Waals surface area contributed by atoms with Gasteiger partial charge in [0.25, 0.3) is 0 Å². The fourth-order valence-corrected chi connectivity index (χ4v) is 10.7. The predicted octanol–water partition coefficient (Wildman–Crippen LogP) is 16.8. The molecule has 0 radical (unpaired) electrons. The number of thiophene rings is 1. The van der Waals surface area contributed by atoms with Crippen molar-refractivity contribution in [2.45, 2.75) is 0 Å². The van der Waals surface area contributed by atoms with Crippen LogP contribution in [0.2, 0.25) is 0 Å². The molecule has 0 bridgehead atoms. The molecule has 0 atom stereocenters. The van der Waals surface area contributed by atoms with Crippen LogP contribution in [0.5, 0.6) is 0 Å². The van der Waals surface area contributed by atoms with Crippen LogP contribution in [0.25, 0.3) is 91.8 Å². The molecule has 0 saturated carbocycles. The average molecular weight is 795 g/mol. The SMILES string of the molecule is c1ccc(N(c2ccc(-c3cccc4cccc(-c5cccc6c5c5ccccc5n6-c5ccccc5)c34)cc2)c2ccc(-c3cccc4sc5ccccc5c34)cc2)cc1. The number of hydrogen-bond acceptors (Lipinski definition) is 2. The lowest BCUT2D eigenvalue weighted by Gasteiger charge is -2.26. The van der Waals surface area contributed by atoms with Crippen molar-refractivity contribution in [1.82, 2.24) is 4.57 Å². The van der Waals surface area contributed by atoms with Gasteiger partial charge in [0.05, 0.1) is 11.0 Å². The summed E-state index contributed by atoms with van der Waals surface area (Å²) in [5.41, 5.74) is 14.3. The summed E-state index contributed by atoms with van der Waals surface area (Å²) < 4.78 is 5.04. The Hall–Kier alpha value is -7.72. The molecule has 2 nitrogen and oxygen atoms in total. The van der Waals surface area contributed by atoms with E-state index in [-0.39, 0.29) is 0 Å². The monoisotopic (exact) mass is 794 g/mol. The van der Waals surface area contributed by atoms with Crippen LogP contribution in [0.4, 0.5) is 17.1 Å². The molecule has 0 amide bonds. The summed E-state index contributed by atoms with van der Waals surface area (Å²) in [5, 5.41) is 7.65. The molecule has 2 aromatic heterocycles. The van der Waals surface area contributed by atoms with E-state index in [9.17, 15) is 0 Å². The summed E-state index contributed by atoms with van der Waals surface area (Å²) >= 11 is 1.86. The lowest BCUT2D eigenvalue weighted by atomic mass is 9.89. The zero-order valence-electron chi connectivity index (χ0n) is 33.2. The number of rotatable bonds is 7. The van der Waals surface area contributed by atoms with Crippen molar-refractivity contribution in [2.24, 2.45) is 0 Å². The molecular weight excluding hydrogens is 757 g/mol. The summed E-state index contributed by atoms with van der Waals surface area (Å²) in [6.07, 6.45) is 0. The third-order valence-electron chi connectivity index (χ3n) is 12.2. The highest BCUT2D eigenvalue weighted by atomic mass is 32.1. The van der Waals surface area contributed by atoms with Gasteiger partial charge < -0.3 is 9.47 Å². The van der Waals surface area contributed by atoms with Gasteiger partial charge in [-0.3, -0.25) is 0 Å². The minimum atomic E-state index is 1.10. The van der Waals surface area contributed by atoms with E-state index in [0.29, 0.717) is 0 Å². The lowest BCUT2D eigenvalue weighted by Crippen LogP contribution is -2.09. The number of aromatic nitrogens is 1. The Kier molecular flexibility index (Phi) is 8.39. The van der Waals surface area contributed by atoms with Crippen molar-refractivity contribution < 1.29 is 0 Å². The van der Waals surface area contributed by atoms with E-state index >= 15 is 0 Å². The highest BCUT2D eigenvalue weighted by molar-refractivity contribution is 7.25. The minimum absolute atomic E-state index is 1.10. The molecule has 0 aliphatic carbocycles. The Morgan fingerprint density at radius 2 is 0.803 bits per heavy atom. The molecule has 0 N–H and O–H groups in total. The largest absolute Gasteiger partial charge is 0.311 e. The summed E-state index contributed by atoms with van der Waals surface area (Å²) in [6.45, 7) is 0. The Balaban J connectivity index is 0.964. The zero-order chi connectivity index (χ0) is 40.3. The van der Waals surface area contributed by atoms with Crippen molar-refractivity contribution in [3.05, 3.63) is 231 Å². The normalized spacial score (nSPS) is 11.6. The van der Waals surface area contributed by atoms with Gasteiger partial charge in [-0.1, -0.05) is 158 Å². The lowest BCUT2D eigenvalue weighted by molar-refractivity contribution is 1.18. The van der Waals surface area contributed by atoms with E-state index in [1.807, 2.05) is 11.3 Å². The smallest absolute Gasteiger partial charge is 0.0547 e. The third kappa shape index (κ3) is 5.85. The molecule has 61 heavy (non-hydrogen) atoms. The Morgan fingerprint density at radius 3 is 1.51 bits per heavy atom. The second-order valence-corrected chi connectivity index (χ2v) is 16.7. The number of hydrogen-bond donors (Lipinski definition) is 0. The van der Waals surface area contributed by atoms with Crippen LogP contribution < -0.4 is 4.90 Å². The Morgan fingerprint density at radius 1 is 0.311 bits per heavy atom. The van der Waals surface area contributed by atoms with Gasteiger partial charge in [-0.25, -0.2) is 0 Å². The first-order valence-electron chi connectivity index (χ1n) is 20.8. The van der Waals surface area contributed by atoms with Crippen molar-refractivity contribution in [1.29, 1.82) is 0 Å². The van der Waals surface area contributed by atoms with Crippen LogP contribution >= 0.6 is 11.3 Å². The standard InChI is InChI=1S/C58H38N2S/c1-3-17-42(18-4-1)59(45-37-33-40(34-38-45)47-24-14-30-55-58(47)51-22-8-10-29-54(51)61-55)44-35-31-39(32-36-44)46-23-11-15-41-16-12-25-48(56(41)46)49-26-13-28-53-57(49)50-21-7-9-27-52(50)60(53)43-19-5-2-6-20-43/h1-38H. The molecule has 12 aromatic rings. The second kappa shape index (κ2) is 14.5. The average Bonchev–Trinajstić information content (AvgIpc) is 3.89. The molecule has 0 saturated heterocycles. The predicted molar refractivity (Wildman–Crippen MR) is 262 cm³/mol. The van der Waals surface area contributed by atoms with Gasteiger partial charge in [-0.15, -0.1) is 11.3 Å². The van der Waals surface area contributed by atoms with Gasteiger partial charge in [-0.05, 0) is 117 Å². The first kappa shape index (κ1) is 35.2. The van der Waals surface area contributed by atoms with E-state index in [0.717, 1.165) is 22.7 Å². The van der Waals surface area contributed by atoms with Crippen LogP contribution in [0.1, 0.15) is 0 Å². The van der Waals surface area contributed by atoms with Gasteiger partial charge in [0.2, 0.25) is 0 Å². The van der Waals surface area contributed by atoms with Gasteiger partial charge in [0.1, 0.15) is 0 Å². The van der Waals surface area contributed by atoms with Crippen molar-refractivity contribution in [3.63, 3.8) is 0 Å². The van der Waals surface area contributed by atoms with E-state index in [1.54, 1.807) is 0 Å². The first-order chi connectivity index (χ1) is 30.3. The maximum Gasteiger partial charge on any atom is 0.0547 e. The molecule has 2 heterocycles. The van der Waals surface area contributed by atoms with Crippen molar-refractivity contribution >= 4 is 81.1 Å². The number of para-hydroxylation sites is 3. The quantitative estimate of drug-likeness (QED) is 0.156. The van der Waals surface area contributed by atoms with Crippen LogP contribution in [0, 0.1) is 0 Å². The van der Waals surface area contributed by atoms with Crippen LogP contribution in [-0.2, 0) is 0 Å². The van der Waals surface area contributed by atoms with E-state index in [4.69, 9.17) is 0 Å². The van der Waals surface area contributed by atoms with E-state index in [1.165, 1.54) is 86.1 Å². The highest BCUT2D eigenvalue weighted by Gasteiger charge is 2.20. The van der Waals surface area contributed by atoms with Crippen LogP contribution in [0.15, 0.2) is 231 Å². The minimum Gasteiger partial charge on any atom is -0.311 e. The van der Waals surface area contributed by atoms with Crippen LogP contribution in [0.3, 0.4) is 0 Å². The Bertz CT molecular complexity index is 3560. The van der Waals surface area contributed by atoms with Crippen molar-refractivity contribution in [3.8, 4) is 39.1 Å². The van der Waals surface area contributed by atoms with Gasteiger partial charge in [-0.2, -0.15) is 0 Å². The maximum absolute atomic E-state index is 2.40. The number of benzene rings is 10. The summed E-state index contributed by atoms with van der Waals surface area (Å²) in [7, 11) is 0. The van der Waals surface area contributed by atoms with Crippen molar-refractivity contribution in [2.75, 3.05) is 4.90 Å². The number of fused-ring (bicyclic) bond motifs is 7. The fraction of sp³-hybridized carbons (Fsp3) is 0.